The summed E-state index contributed by atoms with van der Waals surface area (Å²) < 4.78 is 4.36. The molecule has 0 fully saturated rings. The van der Waals surface area contributed by atoms with E-state index in [0.717, 1.165) is 0 Å². The zero-order chi connectivity index (χ0) is 7.98. The number of carbonyl (C=O) groups is 1. The minimum Gasteiger partial charge on any atom is -0.450 e. The van der Waals surface area contributed by atoms with Crippen LogP contribution in [0.4, 0.5) is 4.79 Å². The number of primary amides is 1. The smallest absolute Gasteiger partial charge is 0.404 e. The van der Waals surface area contributed by atoms with E-state index >= 15 is 0 Å². The number of nitrogens with two attached hydrogens (primary N) is 2. The molecule has 60 valence electrons. The van der Waals surface area contributed by atoms with Crippen molar-refractivity contribution in [1.29, 1.82) is 0 Å². The summed E-state index contributed by atoms with van der Waals surface area (Å²) in [6.07, 6.45) is -0.385. The molecule has 5 heteroatoms. The lowest BCUT2D eigenvalue weighted by Gasteiger charge is -2.06. The van der Waals surface area contributed by atoms with Crippen molar-refractivity contribution in [2.45, 2.75) is 12.5 Å². The fourth-order valence-corrected chi connectivity index (χ4v) is 0.402. The maximum absolute atomic E-state index is 9.97. The van der Waals surface area contributed by atoms with Crippen LogP contribution in [0.25, 0.3) is 0 Å². The van der Waals surface area contributed by atoms with Gasteiger partial charge < -0.3 is 21.3 Å². The number of aliphatic hydroxyl groups excluding tert-OH is 1. The number of hydrogen-bond acceptors (Lipinski definition) is 4. The Bertz CT molecular complexity index is 107. The van der Waals surface area contributed by atoms with E-state index in [1.807, 2.05) is 0 Å². The van der Waals surface area contributed by atoms with Crippen molar-refractivity contribution < 1.29 is 14.6 Å². The molecular formula is C5H12N2O3. The molecule has 0 rings (SSSR count). The van der Waals surface area contributed by atoms with Gasteiger partial charge in [-0.15, -0.1) is 0 Å². The van der Waals surface area contributed by atoms with Gasteiger partial charge in [-0.25, -0.2) is 4.79 Å². The minimum atomic E-state index is -0.815. The Morgan fingerprint density at radius 1 is 1.70 bits per heavy atom. The largest absolute Gasteiger partial charge is 0.450 e. The van der Waals surface area contributed by atoms with Crippen molar-refractivity contribution in [3.63, 3.8) is 0 Å². The van der Waals surface area contributed by atoms with Crippen LogP contribution in [-0.4, -0.2) is 30.5 Å². The fourth-order valence-electron chi connectivity index (χ4n) is 0.402. The second kappa shape index (κ2) is 5.01. The van der Waals surface area contributed by atoms with Crippen molar-refractivity contribution in [3.05, 3.63) is 0 Å². The van der Waals surface area contributed by atoms with Crippen LogP contribution in [0.15, 0.2) is 0 Å². The molecule has 5 N–H and O–H groups in total. The van der Waals surface area contributed by atoms with Crippen LogP contribution in [0.2, 0.25) is 0 Å². The molecule has 0 aromatic rings. The molecule has 0 spiro atoms. The number of amides is 1. The monoisotopic (exact) mass is 148 g/mol. The highest BCUT2D eigenvalue weighted by Crippen LogP contribution is 1.86. The summed E-state index contributed by atoms with van der Waals surface area (Å²) in [7, 11) is 0. The van der Waals surface area contributed by atoms with Crippen molar-refractivity contribution in [1.82, 2.24) is 0 Å². The van der Waals surface area contributed by atoms with Crippen molar-refractivity contribution >= 4 is 6.09 Å². The molecule has 1 unspecified atom stereocenters. The lowest BCUT2D eigenvalue weighted by molar-refractivity contribution is 0.147. The van der Waals surface area contributed by atoms with Gasteiger partial charge in [0.05, 0.1) is 13.2 Å². The molecule has 0 aromatic carbocycles. The van der Waals surface area contributed by atoms with Crippen LogP contribution < -0.4 is 11.5 Å². The zero-order valence-corrected chi connectivity index (χ0v) is 5.62. The normalized spacial score (nSPS) is 12.6. The summed E-state index contributed by atoms with van der Waals surface area (Å²) in [4.78, 5) is 9.97. The van der Waals surface area contributed by atoms with E-state index in [2.05, 4.69) is 10.5 Å². The molecule has 0 radical (unpaired) electrons. The molecule has 10 heavy (non-hydrogen) atoms. The maximum Gasteiger partial charge on any atom is 0.404 e. The first-order valence-electron chi connectivity index (χ1n) is 2.95. The van der Waals surface area contributed by atoms with Gasteiger partial charge in [0.25, 0.3) is 0 Å². The number of ether oxygens (including phenoxy) is 1. The van der Waals surface area contributed by atoms with Gasteiger partial charge in [0.2, 0.25) is 0 Å². The van der Waals surface area contributed by atoms with E-state index < -0.39 is 6.09 Å². The van der Waals surface area contributed by atoms with E-state index in [9.17, 15) is 4.79 Å². The Balaban J connectivity index is 3.11. The SMILES string of the molecule is NC(=O)OCCC(N)CO. The van der Waals surface area contributed by atoms with Gasteiger partial charge in [0.15, 0.2) is 0 Å². The number of hydrogen-bond donors (Lipinski definition) is 3. The Kier molecular flexibility index (Phi) is 4.61. The van der Waals surface area contributed by atoms with Crippen molar-refractivity contribution in [2.24, 2.45) is 11.5 Å². The summed E-state index contributed by atoms with van der Waals surface area (Å²) in [6, 6.07) is -0.334. The summed E-state index contributed by atoms with van der Waals surface area (Å²) in [5.41, 5.74) is 9.93. The second-order valence-electron chi connectivity index (χ2n) is 1.90. The Labute approximate surface area is 58.9 Å². The molecule has 0 aliphatic heterocycles. The first-order chi connectivity index (χ1) is 4.66. The molecule has 0 heterocycles. The van der Waals surface area contributed by atoms with Gasteiger partial charge in [0.1, 0.15) is 0 Å². The molecule has 0 saturated heterocycles. The zero-order valence-electron chi connectivity index (χ0n) is 5.62. The highest BCUT2D eigenvalue weighted by molar-refractivity contribution is 5.64. The van der Waals surface area contributed by atoms with Crippen molar-refractivity contribution in [3.8, 4) is 0 Å². The first-order valence-corrected chi connectivity index (χ1v) is 2.95. The highest BCUT2D eigenvalue weighted by atomic mass is 16.5. The van der Waals surface area contributed by atoms with Crippen LogP contribution in [-0.2, 0) is 4.74 Å². The molecule has 0 aliphatic rings. The molecule has 1 atom stereocenters. The Hall–Kier alpha value is -0.810. The topological polar surface area (TPSA) is 98.6 Å². The quantitative estimate of drug-likeness (QED) is 0.466. The third-order valence-electron chi connectivity index (χ3n) is 0.967. The Morgan fingerprint density at radius 2 is 2.30 bits per heavy atom. The van der Waals surface area contributed by atoms with Gasteiger partial charge in [0, 0.05) is 6.04 Å². The average molecular weight is 148 g/mol. The third kappa shape index (κ3) is 5.33. The van der Waals surface area contributed by atoms with Gasteiger partial charge in [-0.2, -0.15) is 0 Å². The van der Waals surface area contributed by atoms with Crippen molar-refractivity contribution in [2.75, 3.05) is 13.2 Å². The standard InChI is InChI=1S/C5H12N2O3/c6-4(3-8)1-2-10-5(7)9/h4,8H,1-3,6H2,(H2,7,9). The predicted molar refractivity (Wildman–Crippen MR) is 35.2 cm³/mol. The summed E-state index contributed by atoms with van der Waals surface area (Å²) >= 11 is 0. The maximum atomic E-state index is 9.97. The highest BCUT2D eigenvalue weighted by Gasteiger charge is 2.00. The third-order valence-corrected chi connectivity index (χ3v) is 0.967. The van der Waals surface area contributed by atoms with E-state index in [0.29, 0.717) is 6.42 Å². The van der Waals surface area contributed by atoms with Crippen LogP contribution in [0.5, 0.6) is 0 Å². The molecule has 0 saturated carbocycles. The van der Waals surface area contributed by atoms with Gasteiger partial charge in [-0.3, -0.25) is 0 Å². The molecule has 0 aromatic heterocycles. The van der Waals surface area contributed by atoms with Gasteiger partial charge in [-0.1, -0.05) is 0 Å². The summed E-state index contributed by atoms with van der Waals surface area (Å²) in [6.45, 7) is 0.0547. The van der Waals surface area contributed by atoms with Gasteiger partial charge >= 0.3 is 6.09 Å². The molecule has 0 aliphatic carbocycles. The van der Waals surface area contributed by atoms with E-state index in [-0.39, 0.29) is 19.3 Å². The number of rotatable bonds is 4. The fraction of sp³-hybridized carbons (Fsp3) is 0.800. The molecule has 5 nitrogen and oxygen atoms in total. The van der Waals surface area contributed by atoms with Crippen LogP contribution in [0, 0.1) is 0 Å². The average Bonchev–Trinajstić information content (AvgIpc) is 1.87. The second-order valence-corrected chi connectivity index (χ2v) is 1.90. The Morgan fingerprint density at radius 3 is 2.70 bits per heavy atom. The molecular weight excluding hydrogens is 136 g/mol. The van der Waals surface area contributed by atoms with Crippen LogP contribution in [0.3, 0.4) is 0 Å². The first kappa shape index (κ1) is 9.19. The molecule has 1 amide bonds. The lowest BCUT2D eigenvalue weighted by atomic mass is 10.2. The molecule has 0 bridgehead atoms. The number of carbonyl (C=O) groups excluding carboxylic acids is 1. The van der Waals surface area contributed by atoms with E-state index in [1.54, 1.807) is 0 Å². The van der Waals surface area contributed by atoms with E-state index in [1.165, 1.54) is 0 Å². The number of aliphatic hydroxyl groups is 1. The predicted octanol–water partition coefficient (Wildman–Crippen LogP) is -1.21. The van der Waals surface area contributed by atoms with Gasteiger partial charge in [-0.05, 0) is 6.42 Å². The summed E-state index contributed by atoms with van der Waals surface area (Å²) in [5, 5.41) is 8.40. The lowest BCUT2D eigenvalue weighted by Crippen LogP contribution is -2.27. The van der Waals surface area contributed by atoms with Crippen LogP contribution in [0.1, 0.15) is 6.42 Å². The van der Waals surface area contributed by atoms with E-state index in [4.69, 9.17) is 10.8 Å². The summed E-state index contributed by atoms with van der Waals surface area (Å²) in [5.74, 6) is 0. The van der Waals surface area contributed by atoms with Crippen LogP contribution >= 0.6 is 0 Å². The minimum absolute atomic E-state index is 0.109.